The highest BCUT2D eigenvalue weighted by Crippen LogP contribution is 2.15. The lowest BCUT2D eigenvalue weighted by molar-refractivity contribution is -0.0498. The monoisotopic (exact) mass is 171 g/mol. The first-order chi connectivity index (χ1) is 5.72. The van der Waals surface area contributed by atoms with E-state index in [-0.39, 0.29) is 5.75 Å². The average molecular weight is 171 g/mol. The topological polar surface area (TPSA) is 9.23 Å². The minimum Gasteiger partial charge on any atom is -0.435 e. The fourth-order valence-corrected chi connectivity index (χ4v) is 0.842. The Bertz CT molecular complexity index is 231. The Hall–Kier alpha value is -1.12. The summed E-state index contributed by atoms with van der Waals surface area (Å²) in [7, 11) is 0. The molecule has 1 radical (unpaired) electrons. The molecule has 0 saturated carbocycles. The predicted octanol–water partition coefficient (Wildman–Crippen LogP) is 2.86. The zero-order chi connectivity index (χ0) is 8.97. The largest absolute Gasteiger partial charge is 0.435 e. The van der Waals surface area contributed by atoms with Crippen molar-refractivity contribution in [2.45, 2.75) is 13.5 Å². The van der Waals surface area contributed by atoms with E-state index in [0.717, 1.165) is 5.56 Å². The molecule has 1 aromatic carbocycles. The van der Waals surface area contributed by atoms with Crippen molar-refractivity contribution < 1.29 is 13.5 Å². The van der Waals surface area contributed by atoms with Gasteiger partial charge in [-0.2, -0.15) is 8.78 Å². The maximum atomic E-state index is 11.7. The molecular weight excluding hydrogens is 162 g/mol. The van der Waals surface area contributed by atoms with Crippen molar-refractivity contribution >= 4 is 0 Å². The van der Waals surface area contributed by atoms with E-state index >= 15 is 0 Å². The lowest BCUT2D eigenvalue weighted by Gasteiger charge is -2.03. The Morgan fingerprint density at radius 2 is 1.83 bits per heavy atom. The van der Waals surface area contributed by atoms with E-state index in [1.165, 1.54) is 12.1 Å². The summed E-state index contributed by atoms with van der Waals surface area (Å²) in [5.74, 6) is 0.190. The van der Waals surface area contributed by atoms with Crippen LogP contribution in [0.25, 0.3) is 0 Å². The summed E-state index contributed by atoms with van der Waals surface area (Å²) in [6.45, 7) is -0.871. The fraction of sp³-hybridized carbons (Fsp3) is 0.222. The third-order valence-electron chi connectivity index (χ3n) is 1.44. The highest BCUT2D eigenvalue weighted by Gasteiger charge is 2.02. The van der Waals surface area contributed by atoms with Gasteiger partial charge in [-0.05, 0) is 24.1 Å². The Kier molecular flexibility index (Phi) is 3.02. The first-order valence-corrected chi connectivity index (χ1v) is 3.56. The standard InChI is InChI=1S/C9H9F2O/c1-2-7-3-5-8(6-4-7)12-9(10)11/h2-6,9H,1H3. The van der Waals surface area contributed by atoms with Gasteiger partial charge in [0, 0.05) is 0 Å². The van der Waals surface area contributed by atoms with E-state index in [4.69, 9.17) is 0 Å². The molecule has 1 rings (SSSR count). The van der Waals surface area contributed by atoms with Gasteiger partial charge in [-0.15, -0.1) is 0 Å². The number of ether oxygens (including phenoxy) is 1. The van der Waals surface area contributed by atoms with Crippen molar-refractivity contribution in [3.8, 4) is 5.75 Å². The van der Waals surface area contributed by atoms with Crippen molar-refractivity contribution in [1.29, 1.82) is 0 Å². The number of hydrogen-bond acceptors (Lipinski definition) is 1. The van der Waals surface area contributed by atoms with Gasteiger partial charge in [-0.25, -0.2) is 0 Å². The molecule has 0 aromatic heterocycles. The van der Waals surface area contributed by atoms with Crippen LogP contribution in [-0.4, -0.2) is 6.61 Å². The van der Waals surface area contributed by atoms with Gasteiger partial charge < -0.3 is 4.74 Å². The molecule has 65 valence electrons. The number of halogens is 2. The van der Waals surface area contributed by atoms with Crippen molar-refractivity contribution in [3.05, 3.63) is 36.2 Å². The third-order valence-corrected chi connectivity index (χ3v) is 1.44. The number of hydrogen-bond donors (Lipinski definition) is 0. The zero-order valence-electron chi connectivity index (χ0n) is 6.63. The first kappa shape index (κ1) is 8.97. The molecule has 0 aliphatic rings. The number of benzene rings is 1. The molecule has 0 fully saturated rings. The van der Waals surface area contributed by atoms with E-state index in [1.807, 2.05) is 13.3 Å². The number of alkyl halides is 2. The maximum absolute atomic E-state index is 11.7. The van der Waals surface area contributed by atoms with Crippen LogP contribution in [0.15, 0.2) is 24.3 Å². The number of rotatable bonds is 3. The predicted molar refractivity (Wildman–Crippen MR) is 42.2 cm³/mol. The molecule has 12 heavy (non-hydrogen) atoms. The van der Waals surface area contributed by atoms with Gasteiger partial charge in [0.15, 0.2) is 0 Å². The molecule has 0 N–H and O–H groups in total. The van der Waals surface area contributed by atoms with Gasteiger partial charge in [0.1, 0.15) is 5.75 Å². The van der Waals surface area contributed by atoms with Crippen LogP contribution in [0.5, 0.6) is 5.75 Å². The van der Waals surface area contributed by atoms with E-state index in [2.05, 4.69) is 4.74 Å². The van der Waals surface area contributed by atoms with Gasteiger partial charge in [-0.1, -0.05) is 19.1 Å². The minimum absolute atomic E-state index is 0.190. The highest BCUT2D eigenvalue weighted by molar-refractivity contribution is 5.30. The maximum Gasteiger partial charge on any atom is 0.387 e. The molecule has 0 bridgehead atoms. The van der Waals surface area contributed by atoms with E-state index in [0.29, 0.717) is 0 Å². The molecule has 1 aromatic rings. The molecule has 0 atom stereocenters. The van der Waals surface area contributed by atoms with Crippen LogP contribution in [0.2, 0.25) is 0 Å². The Balaban J connectivity index is 2.65. The Morgan fingerprint density at radius 3 is 2.25 bits per heavy atom. The fourth-order valence-electron chi connectivity index (χ4n) is 0.842. The van der Waals surface area contributed by atoms with Gasteiger partial charge in [0.2, 0.25) is 0 Å². The summed E-state index contributed by atoms with van der Waals surface area (Å²) < 4.78 is 27.5. The van der Waals surface area contributed by atoms with Gasteiger partial charge in [0.05, 0.1) is 0 Å². The van der Waals surface area contributed by atoms with Gasteiger partial charge in [0.25, 0.3) is 0 Å². The molecule has 0 amide bonds. The van der Waals surface area contributed by atoms with E-state index < -0.39 is 6.61 Å². The average Bonchev–Trinajstić information content (AvgIpc) is 2.05. The van der Waals surface area contributed by atoms with Crippen LogP contribution >= 0.6 is 0 Å². The summed E-state index contributed by atoms with van der Waals surface area (Å²) in [6, 6.07) is 6.47. The SMILES string of the molecule is C[CH]c1ccc(OC(F)F)cc1. The molecule has 0 heterocycles. The summed E-state index contributed by atoms with van der Waals surface area (Å²) in [4.78, 5) is 0. The van der Waals surface area contributed by atoms with Gasteiger partial charge >= 0.3 is 6.61 Å². The van der Waals surface area contributed by atoms with Crippen LogP contribution in [0.3, 0.4) is 0 Å². The van der Waals surface area contributed by atoms with E-state index in [9.17, 15) is 8.78 Å². The van der Waals surface area contributed by atoms with Gasteiger partial charge in [-0.3, -0.25) is 0 Å². The van der Waals surface area contributed by atoms with E-state index in [1.54, 1.807) is 12.1 Å². The molecule has 3 heteroatoms. The molecule has 0 unspecified atom stereocenters. The van der Waals surface area contributed by atoms with Crippen molar-refractivity contribution in [3.63, 3.8) is 0 Å². The quantitative estimate of drug-likeness (QED) is 0.679. The van der Waals surface area contributed by atoms with Crippen LogP contribution < -0.4 is 4.74 Å². The zero-order valence-corrected chi connectivity index (χ0v) is 6.63. The second kappa shape index (κ2) is 4.04. The second-order valence-electron chi connectivity index (χ2n) is 2.24. The lowest BCUT2D eigenvalue weighted by atomic mass is 10.2. The summed E-state index contributed by atoms with van der Waals surface area (Å²) in [6.07, 6.45) is 1.88. The smallest absolute Gasteiger partial charge is 0.387 e. The Labute approximate surface area is 70.0 Å². The Morgan fingerprint density at radius 1 is 1.25 bits per heavy atom. The summed E-state index contributed by atoms with van der Waals surface area (Å²) in [5, 5.41) is 0. The molecule has 0 aliphatic heterocycles. The third kappa shape index (κ3) is 2.49. The summed E-state index contributed by atoms with van der Waals surface area (Å²) >= 11 is 0. The minimum atomic E-state index is -2.75. The van der Waals surface area contributed by atoms with Crippen molar-refractivity contribution in [1.82, 2.24) is 0 Å². The molecular formula is C9H9F2O. The molecule has 0 aliphatic carbocycles. The summed E-state index contributed by atoms with van der Waals surface area (Å²) in [5.41, 5.74) is 0.983. The van der Waals surface area contributed by atoms with Crippen molar-refractivity contribution in [2.75, 3.05) is 0 Å². The molecule has 0 saturated heterocycles. The van der Waals surface area contributed by atoms with Crippen LogP contribution in [0.1, 0.15) is 12.5 Å². The van der Waals surface area contributed by atoms with Crippen molar-refractivity contribution in [2.24, 2.45) is 0 Å². The lowest BCUT2D eigenvalue weighted by Crippen LogP contribution is -2.01. The molecule has 0 spiro atoms. The van der Waals surface area contributed by atoms with Crippen LogP contribution in [0.4, 0.5) is 8.78 Å². The van der Waals surface area contributed by atoms with Crippen LogP contribution in [0, 0.1) is 6.42 Å². The first-order valence-electron chi connectivity index (χ1n) is 3.56. The second-order valence-corrected chi connectivity index (χ2v) is 2.24. The van der Waals surface area contributed by atoms with Crippen LogP contribution in [-0.2, 0) is 0 Å². The highest BCUT2D eigenvalue weighted by atomic mass is 19.3. The normalized spacial score (nSPS) is 10.3. The molecule has 1 nitrogen and oxygen atoms in total.